The van der Waals surface area contributed by atoms with E-state index in [1.165, 1.54) is 18.2 Å². The van der Waals surface area contributed by atoms with Crippen molar-refractivity contribution in [1.82, 2.24) is 14.9 Å². The van der Waals surface area contributed by atoms with Crippen LogP contribution in [0.25, 0.3) is 10.9 Å². The van der Waals surface area contributed by atoms with Crippen molar-refractivity contribution in [2.45, 2.75) is 26.8 Å². The molecule has 0 aliphatic rings. The number of hydrogen-bond acceptors (Lipinski definition) is 4. The van der Waals surface area contributed by atoms with Crippen LogP contribution in [0.15, 0.2) is 41.2 Å². The van der Waals surface area contributed by atoms with Gasteiger partial charge in [-0.15, -0.1) is 0 Å². The normalized spacial score (nSPS) is 11.3. The molecule has 0 aliphatic heterocycles. The second-order valence-corrected chi connectivity index (χ2v) is 7.44. The van der Waals surface area contributed by atoms with E-state index >= 15 is 0 Å². The number of carbonyl (C=O) groups is 1. The van der Waals surface area contributed by atoms with Gasteiger partial charge in [-0.05, 0) is 36.7 Å². The molecule has 1 N–H and O–H groups in total. The fourth-order valence-electron chi connectivity index (χ4n) is 3.37. The smallest absolute Gasteiger partial charge is 0.258 e. The van der Waals surface area contributed by atoms with Gasteiger partial charge in [0, 0.05) is 13.1 Å². The molecule has 0 fully saturated rings. The van der Waals surface area contributed by atoms with Crippen LogP contribution < -0.4 is 10.5 Å². The minimum Gasteiger partial charge on any atom is -0.313 e. The SMILES string of the molecule is CCc1cccc(Cl)c1N(C)C(=O)CN(CC)Cc1nc2cc(F)ccc2c(=O)[nH]1. The summed E-state index contributed by atoms with van der Waals surface area (Å²) in [6.45, 7) is 4.86. The highest BCUT2D eigenvalue weighted by atomic mass is 35.5. The Balaban J connectivity index is 1.80. The van der Waals surface area contributed by atoms with Crippen molar-refractivity contribution in [1.29, 1.82) is 0 Å². The molecule has 3 aromatic rings. The van der Waals surface area contributed by atoms with Gasteiger partial charge in [0.25, 0.3) is 5.56 Å². The van der Waals surface area contributed by atoms with Gasteiger partial charge in [-0.1, -0.05) is 37.6 Å². The third-order valence-electron chi connectivity index (χ3n) is 5.06. The van der Waals surface area contributed by atoms with Crippen LogP contribution in [-0.4, -0.2) is 40.9 Å². The largest absolute Gasteiger partial charge is 0.313 e. The van der Waals surface area contributed by atoms with Crippen molar-refractivity contribution in [3.63, 3.8) is 0 Å². The Morgan fingerprint density at radius 3 is 2.70 bits per heavy atom. The zero-order valence-corrected chi connectivity index (χ0v) is 18.0. The standard InChI is InChI=1S/C22H24ClFN4O2/c1-4-14-7-6-8-17(23)21(14)27(3)20(29)13-28(5-2)12-19-25-18-11-15(24)9-10-16(18)22(30)26-19/h6-11H,4-5,12-13H2,1-3H3,(H,25,26,30). The summed E-state index contributed by atoms with van der Waals surface area (Å²) in [5, 5.41) is 0.848. The minimum atomic E-state index is -0.456. The number of rotatable bonds is 7. The second kappa shape index (κ2) is 9.36. The molecule has 0 radical (unpaired) electrons. The molecular formula is C22H24ClFN4O2. The molecule has 0 unspecified atom stereocenters. The van der Waals surface area contributed by atoms with E-state index in [4.69, 9.17) is 11.6 Å². The number of aromatic amines is 1. The first-order valence-electron chi connectivity index (χ1n) is 9.78. The molecular weight excluding hydrogens is 407 g/mol. The monoisotopic (exact) mass is 430 g/mol. The molecule has 0 spiro atoms. The van der Waals surface area contributed by atoms with Crippen molar-refractivity contribution in [2.75, 3.05) is 25.0 Å². The van der Waals surface area contributed by atoms with Crippen molar-refractivity contribution in [3.8, 4) is 0 Å². The first-order valence-corrected chi connectivity index (χ1v) is 10.2. The van der Waals surface area contributed by atoms with Crippen LogP contribution in [0.5, 0.6) is 0 Å². The van der Waals surface area contributed by atoms with E-state index in [9.17, 15) is 14.0 Å². The van der Waals surface area contributed by atoms with E-state index in [0.717, 1.165) is 12.0 Å². The highest BCUT2D eigenvalue weighted by Crippen LogP contribution is 2.29. The summed E-state index contributed by atoms with van der Waals surface area (Å²) in [6.07, 6.45) is 0.754. The third kappa shape index (κ3) is 4.68. The molecule has 0 saturated carbocycles. The molecule has 3 rings (SSSR count). The van der Waals surface area contributed by atoms with Crippen molar-refractivity contribution in [3.05, 3.63) is 69.0 Å². The number of nitrogens with zero attached hydrogens (tertiary/aromatic N) is 3. The topological polar surface area (TPSA) is 69.3 Å². The highest BCUT2D eigenvalue weighted by molar-refractivity contribution is 6.34. The molecule has 0 saturated heterocycles. The van der Waals surface area contributed by atoms with Crippen LogP contribution in [0.3, 0.4) is 0 Å². The van der Waals surface area contributed by atoms with E-state index in [1.54, 1.807) is 18.0 Å². The lowest BCUT2D eigenvalue weighted by Crippen LogP contribution is -2.39. The zero-order chi connectivity index (χ0) is 21.8. The Bertz CT molecular complexity index is 1130. The van der Waals surface area contributed by atoms with Gasteiger partial charge in [0.15, 0.2) is 0 Å². The van der Waals surface area contributed by atoms with Gasteiger partial charge >= 0.3 is 0 Å². The summed E-state index contributed by atoms with van der Waals surface area (Å²) in [5.74, 6) is -0.210. The average Bonchev–Trinajstić information content (AvgIpc) is 2.72. The van der Waals surface area contributed by atoms with Gasteiger partial charge in [-0.25, -0.2) is 9.37 Å². The predicted octanol–water partition coefficient (Wildman–Crippen LogP) is 3.76. The van der Waals surface area contributed by atoms with Crippen LogP contribution >= 0.6 is 11.6 Å². The van der Waals surface area contributed by atoms with E-state index < -0.39 is 5.82 Å². The number of amides is 1. The quantitative estimate of drug-likeness (QED) is 0.619. The van der Waals surface area contributed by atoms with Gasteiger partial charge in [0.05, 0.1) is 34.7 Å². The number of nitrogens with one attached hydrogen (secondary N) is 1. The fourth-order valence-corrected chi connectivity index (χ4v) is 3.69. The maximum Gasteiger partial charge on any atom is 0.258 e. The second-order valence-electron chi connectivity index (χ2n) is 7.03. The van der Waals surface area contributed by atoms with E-state index in [2.05, 4.69) is 9.97 Å². The van der Waals surface area contributed by atoms with E-state index in [-0.39, 0.29) is 30.1 Å². The van der Waals surface area contributed by atoms with Crippen LogP contribution in [0.2, 0.25) is 5.02 Å². The number of carbonyl (C=O) groups excluding carboxylic acids is 1. The number of aromatic nitrogens is 2. The van der Waals surface area contributed by atoms with Crippen LogP contribution in [0.4, 0.5) is 10.1 Å². The maximum absolute atomic E-state index is 13.5. The van der Waals surface area contributed by atoms with Crippen LogP contribution in [0, 0.1) is 5.82 Å². The number of halogens is 2. The van der Waals surface area contributed by atoms with Crippen LogP contribution in [-0.2, 0) is 17.8 Å². The molecule has 1 amide bonds. The Labute approximate surface area is 179 Å². The lowest BCUT2D eigenvalue weighted by atomic mass is 10.1. The zero-order valence-electron chi connectivity index (χ0n) is 17.2. The van der Waals surface area contributed by atoms with E-state index in [1.807, 2.05) is 30.9 Å². The predicted molar refractivity (Wildman–Crippen MR) is 118 cm³/mol. The van der Waals surface area contributed by atoms with Gasteiger partial charge in [-0.3, -0.25) is 14.5 Å². The summed E-state index contributed by atoms with van der Waals surface area (Å²) >= 11 is 6.35. The number of H-pyrrole nitrogens is 1. The number of likely N-dealkylation sites (N-methyl/N-ethyl adjacent to an activating group) is 2. The number of aryl methyl sites for hydroxylation is 1. The van der Waals surface area contributed by atoms with Gasteiger partial charge < -0.3 is 9.88 Å². The molecule has 6 nitrogen and oxygen atoms in total. The lowest BCUT2D eigenvalue weighted by Gasteiger charge is -2.26. The van der Waals surface area contributed by atoms with Crippen LogP contribution in [0.1, 0.15) is 25.2 Å². The summed E-state index contributed by atoms with van der Waals surface area (Å²) in [6, 6.07) is 9.45. The number of benzene rings is 2. The third-order valence-corrected chi connectivity index (χ3v) is 5.36. The maximum atomic E-state index is 13.5. The number of hydrogen-bond donors (Lipinski definition) is 1. The molecule has 2 aromatic carbocycles. The lowest BCUT2D eigenvalue weighted by molar-refractivity contribution is -0.119. The summed E-state index contributed by atoms with van der Waals surface area (Å²) < 4.78 is 13.5. The summed E-state index contributed by atoms with van der Waals surface area (Å²) in [4.78, 5) is 35.7. The van der Waals surface area contributed by atoms with Crippen molar-refractivity contribution >= 4 is 34.1 Å². The molecule has 0 bridgehead atoms. The number of fused-ring (bicyclic) bond motifs is 1. The number of anilines is 1. The first-order chi connectivity index (χ1) is 14.3. The summed E-state index contributed by atoms with van der Waals surface area (Å²) in [7, 11) is 1.70. The Morgan fingerprint density at radius 2 is 2.00 bits per heavy atom. The minimum absolute atomic E-state index is 0.117. The van der Waals surface area contributed by atoms with Gasteiger partial charge in [0.1, 0.15) is 11.6 Å². The van der Waals surface area contributed by atoms with Crippen molar-refractivity contribution in [2.24, 2.45) is 0 Å². The molecule has 0 aliphatic carbocycles. The molecule has 1 heterocycles. The van der Waals surface area contributed by atoms with E-state index in [0.29, 0.717) is 28.5 Å². The molecule has 1 aromatic heterocycles. The molecule has 30 heavy (non-hydrogen) atoms. The van der Waals surface area contributed by atoms with Gasteiger partial charge in [-0.2, -0.15) is 0 Å². The molecule has 158 valence electrons. The molecule has 8 heteroatoms. The first kappa shape index (κ1) is 21.9. The average molecular weight is 431 g/mol. The molecule has 0 atom stereocenters. The summed E-state index contributed by atoms with van der Waals surface area (Å²) in [5.41, 5.74) is 1.65. The fraction of sp³-hybridized carbons (Fsp3) is 0.318. The number of para-hydroxylation sites is 1. The highest BCUT2D eigenvalue weighted by Gasteiger charge is 2.20. The Morgan fingerprint density at radius 1 is 1.23 bits per heavy atom. The van der Waals surface area contributed by atoms with Crippen molar-refractivity contribution < 1.29 is 9.18 Å². The van der Waals surface area contributed by atoms with Gasteiger partial charge in [0.2, 0.25) is 5.91 Å². The Kier molecular flexibility index (Phi) is 6.84. The Hall–Kier alpha value is -2.77.